The van der Waals surface area contributed by atoms with Crippen molar-refractivity contribution < 1.29 is 19.7 Å². The molecule has 0 aliphatic rings. The molecular formula is C15H14N4O6. The van der Waals surface area contributed by atoms with Gasteiger partial charge in [0.15, 0.2) is 5.75 Å². The number of phenols is 1. The van der Waals surface area contributed by atoms with Crippen LogP contribution in [-0.2, 0) is 0 Å². The van der Waals surface area contributed by atoms with Gasteiger partial charge in [0.1, 0.15) is 0 Å². The second kappa shape index (κ2) is 7.73. The van der Waals surface area contributed by atoms with Gasteiger partial charge in [0.2, 0.25) is 5.75 Å². The predicted octanol–water partition coefficient (Wildman–Crippen LogP) is 3.05. The molecule has 0 fully saturated rings. The van der Waals surface area contributed by atoms with Crippen LogP contribution in [0.25, 0.3) is 0 Å². The van der Waals surface area contributed by atoms with E-state index in [4.69, 9.17) is 4.74 Å². The number of rotatable bonds is 7. The summed E-state index contributed by atoms with van der Waals surface area (Å²) in [4.78, 5) is 20.3. The van der Waals surface area contributed by atoms with Crippen molar-refractivity contribution in [3.63, 3.8) is 0 Å². The van der Waals surface area contributed by atoms with Gasteiger partial charge in [-0.25, -0.2) is 0 Å². The maximum absolute atomic E-state index is 11.0. The Hall–Kier alpha value is -3.69. The van der Waals surface area contributed by atoms with Crippen LogP contribution >= 0.6 is 0 Å². The van der Waals surface area contributed by atoms with Gasteiger partial charge in [-0.1, -0.05) is 0 Å². The molecule has 2 aromatic rings. The number of nitro groups is 2. The summed E-state index contributed by atoms with van der Waals surface area (Å²) in [5, 5.41) is 35.3. The van der Waals surface area contributed by atoms with Gasteiger partial charge in [-0.2, -0.15) is 5.10 Å². The van der Waals surface area contributed by atoms with Gasteiger partial charge in [0, 0.05) is 23.8 Å². The molecule has 10 heteroatoms. The molecule has 2 rings (SSSR count). The SMILES string of the molecule is CCOc1cc(/C=N/Nc2ccc([N+](=O)[O-])cc2)cc([N+](=O)[O-])c1O. The van der Waals surface area contributed by atoms with Crippen molar-refractivity contribution in [3.8, 4) is 11.5 Å². The lowest BCUT2D eigenvalue weighted by molar-refractivity contribution is -0.386. The Bertz CT molecular complexity index is 820. The molecule has 130 valence electrons. The van der Waals surface area contributed by atoms with E-state index < -0.39 is 21.3 Å². The number of benzene rings is 2. The molecule has 0 spiro atoms. The molecule has 0 aliphatic heterocycles. The first-order valence-corrected chi connectivity index (χ1v) is 7.10. The van der Waals surface area contributed by atoms with Crippen molar-refractivity contribution in [2.45, 2.75) is 6.92 Å². The maximum Gasteiger partial charge on any atom is 0.315 e. The van der Waals surface area contributed by atoms with Crippen LogP contribution in [0, 0.1) is 20.2 Å². The third kappa shape index (κ3) is 4.41. The quantitative estimate of drug-likeness (QED) is 0.446. The number of hydrogen-bond donors (Lipinski definition) is 2. The Labute approximate surface area is 141 Å². The zero-order valence-corrected chi connectivity index (χ0v) is 13.1. The number of nitrogens with one attached hydrogen (secondary N) is 1. The zero-order chi connectivity index (χ0) is 18.4. The molecule has 2 N–H and O–H groups in total. The van der Waals surface area contributed by atoms with Crippen molar-refractivity contribution >= 4 is 23.3 Å². The van der Waals surface area contributed by atoms with Crippen molar-refractivity contribution in [1.82, 2.24) is 0 Å². The summed E-state index contributed by atoms with van der Waals surface area (Å²) in [7, 11) is 0. The molecular weight excluding hydrogens is 332 g/mol. The fraction of sp³-hybridized carbons (Fsp3) is 0.133. The summed E-state index contributed by atoms with van der Waals surface area (Å²) in [6.07, 6.45) is 1.30. The molecule has 0 aromatic heterocycles. The van der Waals surface area contributed by atoms with E-state index in [0.717, 1.165) is 6.07 Å². The van der Waals surface area contributed by atoms with E-state index in [2.05, 4.69) is 10.5 Å². The van der Waals surface area contributed by atoms with E-state index in [1.807, 2.05) is 0 Å². The number of hydrazone groups is 1. The third-order valence-electron chi connectivity index (χ3n) is 3.06. The molecule has 0 saturated heterocycles. The fourth-order valence-corrected chi connectivity index (χ4v) is 1.93. The highest BCUT2D eigenvalue weighted by Crippen LogP contribution is 2.36. The molecule has 0 aliphatic carbocycles. The number of nitrogens with zero attached hydrogens (tertiary/aromatic N) is 3. The summed E-state index contributed by atoms with van der Waals surface area (Å²) in [5.74, 6) is -0.569. The van der Waals surface area contributed by atoms with Crippen molar-refractivity contribution in [3.05, 3.63) is 62.2 Å². The molecule has 0 amide bonds. The highest BCUT2D eigenvalue weighted by molar-refractivity contribution is 5.83. The second-order valence-corrected chi connectivity index (χ2v) is 4.75. The van der Waals surface area contributed by atoms with Crippen molar-refractivity contribution in [2.24, 2.45) is 5.10 Å². The summed E-state index contributed by atoms with van der Waals surface area (Å²) >= 11 is 0. The average Bonchev–Trinajstić information content (AvgIpc) is 2.58. The summed E-state index contributed by atoms with van der Waals surface area (Å²) in [6, 6.07) is 8.14. The Morgan fingerprint density at radius 1 is 1.20 bits per heavy atom. The van der Waals surface area contributed by atoms with Crippen LogP contribution in [0.5, 0.6) is 11.5 Å². The van der Waals surface area contributed by atoms with Crippen LogP contribution in [0.3, 0.4) is 0 Å². The van der Waals surface area contributed by atoms with Gasteiger partial charge < -0.3 is 9.84 Å². The minimum atomic E-state index is -0.723. The average molecular weight is 346 g/mol. The first kappa shape index (κ1) is 17.7. The minimum absolute atomic E-state index is 0.0199. The monoisotopic (exact) mass is 346 g/mol. The van der Waals surface area contributed by atoms with E-state index >= 15 is 0 Å². The smallest absolute Gasteiger partial charge is 0.315 e. The molecule has 25 heavy (non-hydrogen) atoms. The molecule has 10 nitrogen and oxygen atoms in total. The first-order chi connectivity index (χ1) is 11.9. The van der Waals surface area contributed by atoms with Crippen LogP contribution in [-0.4, -0.2) is 27.8 Å². The van der Waals surface area contributed by atoms with E-state index in [1.54, 1.807) is 6.92 Å². The lowest BCUT2D eigenvalue weighted by Crippen LogP contribution is -1.98. The second-order valence-electron chi connectivity index (χ2n) is 4.75. The topological polar surface area (TPSA) is 140 Å². The molecule has 2 aromatic carbocycles. The number of hydrogen-bond acceptors (Lipinski definition) is 8. The van der Waals surface area contributed by atoms with Gasteiger partial charge in [-0.3, -0.25) is 25.7 Å². The number of anilines is 1. The minimum Gasteiger partial charge on any atom is -0.500 e. The number of non-ortho nitro benzene ring substituents is 1. The van der Waals surface area contributed by atoms with E-state index in [9.17, 15) is 25.3 Å². The van der Waals surface area contributed by atoms with Gasteiger partial charge in [-0.05, 0) is 25.1 Å². The van der Waals surface area contributed by atoms with Crippen molar-refractivity contribution in [1.29, 1.82) is 0 Å². The molecule has 0 saturated carbocycles. The lowest BCUT2D eigenvalue weighted by Gasteiger charge is -2.07. The Morgan fingerprint density at radius 3 is 2.44 bits per heavy atom. The van der Waals surface area contributed by atoms with Crippen LogP contribution in [0.1, 0.15) is 12.5 Å². The Kier molecular flexibility index (Phi) is 5.46. The highest BCUT2D eigenvalue weighted by Gasteiger charge is 2.19. The van der Waals surface area contributed by atoms with Crippen LogP contribution in [0.4, 0.5) is 17.1 Å². The number of aromatic hydroxyl groups is 1. The van der Waals surface area contributed by atoms with Crippen LogP contribution < -0.4 is 10.2 Å². The highest BCUT2D eigenvalue weighted by atomic mass is 16.6. The standard InChI is InChI=1S/C15H14N4O6/c1-2-25-14-8-10(7-13(15(14)20)19(23)24)9-16-17-11-3-5-12(6-4-11)18(21)22/h3-9,17,20H,2H2,1H3/b16-9+. The van der Waals surface area contributed by atoms with Gasteiger partial charge in [0.25, 0.3) is 5.69 Å². The Balaban J connectivity index is 2.19. The van der Waals surface area contributed by atoms with Crippen LogP contribution in [0.2, 0.25) is 0 Å². The summed E-state index contributed by atoms with van der Waals surface area (Å²) in [5.41, 5.74) is 2.94. The molecule has 0 heterocycles. The van der Waals surface area contributed by atoms with Crippen LogP contribution in [0.15, 0.2) is 41.5 Å². The fourth-order valence-electron chi connectivity index (χ4n) is 1.93. The van der Waals surface area contributed by atoms with E-state index in [-0.39, 0.29) is 18.0 Å². The predicted molar refractivity (Wildman–Crippen MR) is 90.2 cm³/mol. The van der Waals surface area contributed by atoms with Gasteiger partial charge in [-0.15, -0.1) is 0 Å². The molecule has 0 bridgehead atoms. The molecule has 0 atom stereocenters. The zero-order valence-electron chi connectivity index (χ0n) is 13.1. The van der Waals surface area contributed by atoms with E-state index in [1.165, 1.54) is 36.5 Å². The normalized spacial score (nSPS) is 10.6. The first-order valence-electron chi connectivity index (χ1n) is 7.10. The number of nitro benzene ring substituents is 2. The molecule has 0 unspecified atom stereocenters. The molecule has 0 radical (unpaired) electrons. The summed E-state index contributed by atoms with van der Waals surface area (Å²) < 4.78 is 5.17. The lowest BCUT2D eigenvalue weighted by atomic mass is 10.2. The third-order valence-corrected chi connectivity index (χ3v) is 3.06. The van der Waals surface area contributed by atoms with Crippen molar-refractivity contribution in [2.75, 3.05) is 12.0 Å². The Morgan fingerprint density at radius 2 is 1.88 bits per heavy atom. The van der Waals surface area contributed by atoms with Gasteiger partial charge >= 0.3 is 5.69 Å². The number of ether oxygens (including phenoxy) is 1. The number of phenolic OH excluding ortho intramolecular Hbond substituents is 1. The maximum atomic E-state index is 11.0. The largest absolute Gasteiger partial charge is 0.500 e. The summed E-state index contributed by atoms with van der Waals surface area (Å²) in [6.45, 7) is 1.91. The van der Waals surface area contributed by atoms with E-state index in [0.29, 0.717) is 11.3 Å². The van der Waals surface area contributed by atoms with Gasteiger partial charge in [0.05, 0.1) is 28.4 Å².